The lowest BCUT2D eigenvalue weighted by Crippen LogP contribution is -2.28. The molecule has 1 heterocycles. The van der Waals surface area contributed by atoms with E-state index in [4.69, 9.17) is 4.74 Å². The Labute approximate surface area is 165 Å². The zero-order valence-electron chi connectivity index (χ0n) is 16.1. The first-order valence-electron chi connectivity index (χ1n) is 9.28. The minimum atomic E-state index is -0.261. The largest absolute Gasteiger partial charge is 0.383 e. The van der Waals surface area contributed by atoms with Gasteiger partial charge in [-0.25, -0.2) is 9.97 Å². The third-order valence-corrected chi connectivity index (χ3v) is 4.24. The molecule has 6 heteroatoms. The molecule has 0 atom stereocenters. The molecule has 144 valence electrons. The number of rotatable bonds is 8. The average Bonchev–Trinajstić information content (AvgIpc) is 2.74. The Hall–Kier alpha value is -3.25. The first-order chi connectivity index (χ1) is 13.7. The third kappa shape index (κ3) is 4.92. The van der Waals surface area contributed by atoms with Gasteiger partial charge in [0.1, 0.15) is 11.5 Å². The van der Waals surface area contributed by atoms with Gasteiger partial charge in [0.25, 0.3) is 5.91 Å². The van der Waals surface area contributed by atoms with Crippen LogP contribution < -0.4 is 10.6 Å². The Morgan fingerprint density at radius 1 is 1.04 bits per heavy atom. The van der Waals surface area contributed by atoms with Crippen molar-refractivity contribution in [3.05, 3.63) is 71.9 Å². The van der Waals surface area contributed by atoms with Crippen molar-refractivity contribution in [2.24, 2.45) is 0 Å². The first-order valence-corrected chi connectivity index (χ1v) is 9.28. The van der Waals surface area contributed by atoms with Crippen molar-refractivity contribution in [2.75, 3.05) is 25.6 Å². The maximum absolute atomic E-state index is 12.5. The number of carbonyl (C=O) groups excluding carboxylic acids is 1. The van der Waals surface area contributed by atoms with E-state index < -0.39 is 0 Å². The Balaban J connectivity index is 1.96. The van der Waals surface area contributed by atoms with Gasteiger partial charge in [-0.05, 0) is 18.1 Å². The number of amides is 1. The SMILES string of the molecule is CCc1ccccc1Nc1cc(C(=O)NCCOC)nc(-c2ccccc2)n1. The third-order valence-electron chi connectivity index (χ3n) is 4.24. The molecule has 3 aromatic rings. The van der Waals surface area contributed by atoms with Gasteiger partial charge in [-0.15, -0.1) is 0 Å². The van der Waals surface area contributed by atoms with Gasteiger partial charge in [0.05, 0.1) is 6.61 Å². The number of para-hydroxylation sites is 1. The Morgan fingerprint density at radius 3 is 2.54 bits per heavy atom. The molecule has 2 N–H and O–H groups in total. The second-order valence-electron chi connectivity index (χ2n) is 6.21. The highest BCUT2D eigenvalue weighted by atomic mass is 16.5. The standard InChI is InChI=1S/C22H24N4O2/c1-3-16-9-7-8-12-18(16)24-20-15-19(22(27)23-13-14-28-2)25-21(26-20)17-10-5-4-6-11-17/h4-12,15H,3,13-14H2,1-2H3,(H,23,27)(H,24,25,26). The number of aromatic nitrogens is 2. The number of hydrogen-bond donors (Lipinski definition) is 2. The predicted octanol–water partition coefficient (Wildman–Crippen LogP) is 3.83. The Kier molecular flexibility index (Phi) is 6.70. The van der Waals surface area contributed by atoms with Gasteiger partial charge in [-0.3, -0.25) is 4.79 Å². The van der Waals surface area contributed by atoms with Gasteiger partial charge in [0, 0.05) is 31.0 Å². The van der Waals surface area contributed by atoms with E-state index >= 15 is 0 Å². The lowest BCUT2D eigenvalue weighted by Gasteiger charge is -2.13. The number of benzene rings is 2. The van der Waals surface area contributed by atoms with Crippen molar-refractivity contribution in [1.82, 2.24) is 15.3 Å². The summed E-state index contributed by atoms with van der Waals surface area (Å²) in [7, 11) is 1.59. The summed E-state index contributed by atoms with van der Waals surface area (Å²) in [5.74, 6) is 0.812. The topological polar surface area (TPSA) is 76.1 Å². The van der Waals surface area contributed by atoms with Gasteiger partial charge >= 0.3 is 0 Å². The van der Waals surface area contributed by atoms with Crippen LogP contribution in [0.2, 0.25) is 0 Å². The molecule has 28 heavy (non-hydrogen) atoms. The normalized spacial score (nSPS) is 10.5. The van der Waals surface area contributed by atoms with Crippen molar-refractivity contribution < 1.29 is 9.53 Å². The van der Waals surface area contributed by atoms with Crippen molar-refractivity contribution in [3.8, 4) is 11.4 Å². The van der Waals surface area contributed by atoms with Crippen LogP contribution in [0.25, 0.3) is 11.4 Å². The molecule has 0 bridgehead atoms. The molecule has 0 fully saturated rings. The average molecular weight is 376 g/mol. The van der Waals surface area contributed by atoms with Gasteiger partial charge in [0.2, 0.25) is 0 Å². The van der Waals surface area contributed by atoms with E-state index in [1.54, 1.807) is 13.2 Å². The lowest BCUT2D eigenvalue weighted by molar-refractivity contribution is 0.0932. The molecular formula is C22H24N4O2. The number of anilines is 2. The maximum atomic E-state index is 12.5. The zero-order valence-corrected chi connectivity index (χ0v) is 16.1. The summed E-state index contributed by atoms with van der Waals surface area (Å²) in [6, 6.07) is 19.3. The van der Waals surface area contributed by atoms with Gasteiger partial charge in [0.15, 0.2) is 5.82 Å². The highest BCUT2D eigenvalue weighted by Crippen LogP contribution is 2.23. The fourth-order valence-electron chi connectivity index (χ4n) is 2.79. The molecule has 0 radical (unpaired) electrons. The van der Waals surface area contributed by atoms with Crippen LogP contribution in [0.15, 0.2) is 60.7 Å². The number of nitrogens with zero attached hydrogens (tertiary/aromatic N) is 2. The molecule has 2 aromatic carbocycles. The maximum Gasteiger partial charge on any atom is 0.270 e. The van der Waals surface area contributed by atoms with Gasteiger partial charge in [-0.1, -0.05) is 55.5 Å². The molecule has 1 aromatic heterocycles. The van der Waals surface area contributed by atoms with Crippen LogP contribution in [0, 0.1) is 0 Å². The molecule has 0 spiro atoms. The van der Waals surface area contributed by atoms with E-state index in [1.165, 1.54) is 5.56 Å². The Morgan fingerprint density at radius 2 is 1.79 bits per heavy atom. The van der Waals surface area contributed by atoms with E-state index in [0.717, 1.165) is 17.7 Å². The number of carbonyl (C=O) groups is 1. The molecule has 1 amide bonds. The second kappa shape index (κ2) is 9.62. The molecule has 0 aliphatic rings. The summed E-state index contributed by atoms with van der Waals surface area (Å²) < 4.78 is 4.99. The number of nitrogens with one attached hydrogen (secondary N) is 2. The highest BCUT2D eigenvalue weighted by Gasteiger charge is 2.13. The first kappa shape index (κ1) is 19.5. The fraction of sp³-hybridized carbons (Fsp3) is 0.227. The van der Waals surface area contributed by atoms with Crippen LogP contribution in [0.4, 0.5) is 11.5 Å². The summed E-state index contributed by atoms with van der Waals surface area (Å²) in [5, 5.41) is 6.15. The molecule has 3 rings (SSSR count). The monoisotopic (exact) mass is 376 g/mol. The van der Waals surface area contributed by atoms with Crippen molar-refractivity contribution >= 4 is 17.4 Å². The fourth-order valence-corrected chi connectivity index (χ4v) is 2.79. The van der Waals surface area contributed by atoms with Crippen molar-refractivity contribution in [1.29, 1.82) is 0 Å². The van der Waals surface area contributed by atoms with E-state index in [0.29, 0.717) is 30.5 Å². The summed E-state index contributed by atoms with van der Waals surface area (Å²) >= 11 is 0. The van der Waals surface area contributed by atoms with E-state index in [-0.39, 0.29) is 5.91 Å². The van der Waals surface area contributed by atoms with Crippen LogP contribution in [-0.2, 0) is 11.2 Å². The van der Waals surface area contributed by atoms with Crippen LogP contribution in [0.1, 0.15) is 23.0 Å². The van der Waals surface area contributed by atoms with Crippen molar-refractivity contribution in [2.45, 2.75) is 13.3 Å². The molecule has 0 saturated heterocycles. The van der Waals surface area contributed by atoms with Crippen LogP contribution in [0.3, 0.4) is 0 Å². The molecule has 0 saturated carbocycles. The van der Waals surface area contributed by atoms with E-state index in [1.807, 2.05) is 48.5 Å². The summed E-state index contributed by atoms with van der Waals surface area (Å²) in [6.07, 6.45) is 0.893. The second-order valence-corrected chi connectivity index (χ2v) is 6.21. The highest BCUT2D eigenvalue weighted by molar-refractivity contribution is 5.93. The van der Waals surface area contributed by atoms with Crippen LogP contribution >= 0.6 is 0 Å². The molecule has 6 nitrogen and oxygen atoms in total. The Bertz CT molecular complexity index is 929. The number of ether oxygens (including phenoxy) is 1. The number of hydrogen-bond acceptors (Lipinski definition) is 5. The minimum Gasteiger partial charge on any atom is -0.383 e. The summed E-state index contributed by atoms with van der Waals surface area (Å²) in [4.78, 5) is 21.6. The molecule has 0 unspecified atom stereocenters. The summed E-state index contributed by atoms with van der Waals surface area (Å²) in [5.41, 5.74) is 3.30. The number of methoxy groups -OCH3 is 1. The molecule has 0 aliphatic carbocycles. The molecule has 0 aliphatic heterocycles. The smallest absolute Gasteiger partial charge is 0.270 e. The van der Waals surface area contributed by atoms with Crippen LogP contribution in [-0.4, -0.2) is 36.1 Å². The van der Waals surface area contributed by atoms with Crippen LogP contribution in [0.5, 0.6) is 0 Å². The van der Waals surface area contributed by atoms with E-state index in [2.05, 4.69) is 33.6 Å². The number of aryl methyl sites for hydroxylation is 1. The van der Waals surface area contributed by atoms with Crippen molar-refractivity contribution in [3.63, 3.8) is 0 Å². The lowest BCUT2D eigenvalue weighted by atomic mass is 10.1. The molecular weight excluding hydrogens is 352 g/mol. The minimum absolute atomic E-state index is 0.261. The van der Waals surface area contributed by atoms with E-state index in [9.17, 15) is 4.79 Å². The van der Waals surface area contributed by atoms with Gasteiger partial charge < -0.3 is 15.4 Å². The predicted molar refractivity (Wildman–Crippen MR) is 111 cm³/mol. The summed E-state index contributed by atoms with van der Waals surface area (Å²) in [6.45, 7) is 2.96. The quantitative estimate of drug-likeness (QED) is 0.585. The zero-order chi connectivity index (χ0) is 19.8. The van der Waals surface area contributed by atoms with Gasteiger partial charge in [-0.2, -0.15) is 0 Å².